The number of nitrogens with one attached hydrogen (secondary N) is 2. The molecule has 1 aromatic carbocycles. The van der Waals surface area contributed by atoms with Crippen LogP contribution in [0.1, 0.15) is 18.6 Å². The van der Waals surface area contributed by atoms with Crippen LogP contribution >= 0.6 is 0 Å². The van der Waals surface area contributed by atoms with E-state index in [1.165, 1.54) is 24.3 Å². The Morgan fingerprint density at radius 1 is 1.31 bits per heavy atom. The van der Waals surface area contributed by atoms with Crippen LogP contribution in [0.15, 0.2) is 47.7 Å². The maximum atomic E-state index is 12.1. The molecule has 3 N–H and O–H groups in total. The van der Waals surface area contributed by atoms with Gasteiger partial charge in [-0.3, -0.25) is 9.67 Å². The molecular formula is C17H23F2N5O2. The van der Waals surface area contributed by atoms with Gasteiger partial charge in [0.15, 0.2) is 5.96 Å². The molecule has 7 nitrogen and oxygen atoms in total. The van der Waals surface area contributed by atoms with Crippen molar-refractivity contribution >= 4 is 5.96 Å². The van der Waals surface area contributed by atoms with Gasteiger partial charge in [-0.25, -0.2) is 0 Å². The van der Waals surface area contributed by atoms with E-state index in [0.717, 1.165) is 0 Å². The predicted molar refractivity (Wildman–Crippen MR) is 94.2 cm³/mol. The molecular weight excluding hydrogens is 344 g/mol. The highest BCUT2D eigenvalue weighted by Gasteiger charge is 2.09. The smallest absolute Gasteiger partial charge is 0.387 e. The van der Waals surface area contributed by atoms with Gasteiger partial charge in [0, 0.05) is 25.5 Å². The van der Waals surface area contributed by atoms with Crippen molar-refractivity contribution in [2.24, 2.45) is 4.99 Å². The molecule has 2 aromatic rings. The maximum Gasteiger partial charge on any atom is 0.387 e. The van der Waals surface area contributed by atoms with E-state index in [1.807, 2.05) is 19.2 Å². The van der Waals surface area contributed by atoms with Gasteiger partial charge in [0.2, 0.25) is 0 Å². The molecule has 0 aliphatic heterocycles. The summed E-state index contributed by atoms with van der Waals surface area (Å²) in [5.41, 5.74) is 0.572. The van der Waals surface area contributed by atoms with Gasteiger partial charge in [-0.1, -0.05) is 12.1 Å². The Labute approximate surface area is 150 Å². The average Bonchev–Trinajstić information content (AvgIpc) is 3.13. The first kappa shape index (κ1) is 19.6. The van der Waals surface area contributed by atoms with Crippen LogP contribution in [0.4, 0.5) is 8.78 Å². The number of aliphatic hydroxyl groups excluding tert-OH is 1. The lowest BCUT2D eigenvalue weighted by molar-refractivity contribution is -0.0498. The molecule has 9 heteroatoms. The summed E-state index contributed by atoms with van der Waals surface area (Å²) in [5.74, 6) is 0.629. The molecule has 142 valence electrons. The molecule has 0 radical (unpaired) electrons. The number of nitrogens with zero attached hydrogens (tertiary/aromatic N) is 3. The number of rotatable bonds is 9. The third-order valence-corrected chi connectivity index (χ3v) is 3.45. The zero-order chi connectivity index (χ0) is 18.8. The topological polar surface area (TPSA) is 83.7 Å². The lowest BCUT2D eigenvalue weighted by atomic mass is 10.1. The van der Waals surface area contributed by atoms with Crippen LogP contribution in [0.25, 0.3) is 0 Å². The molecule has 0 fully saturated rings. The third kappa shape index (κ3) is 6.67. The fourth-order valence-electron chi connectivity index (χ4n) is 2.22. The average molecular weight is 367 g/mol. The van der Waals surface area contributed by atoms with Crippen molar-refractivity contribution in [1.82, 2.24) is 20.4 Å². The molecule has 0 saturated carbocycles. The molecule has 1 heterocycles. The summed E-state index contributed by atoms with van der Waals surface area (Å²) in [4.78, 5) is 4.34. The highest BCUT2D eigenvalue weighted by atomic mass is 19.3. The molecule has 0 spiro atoms. The number of alkyl halides is 2. The quantitative estimate of drug-likeness (QED) is 0.465. The minimum atomic E-state index is -2.87. The van der Waals surface area contributed by atoms with Gasteiger partial charge >= 0.3 is 6.61 Å². The number of aromatic nitrogens is 2. The number of halogens is 2. The van der Waals surface area contributed by atoms with E-state index in [0.29, 0.717) is 31.2 Å². The summed E-state index contributed by atoms with van der Waals surface area (Å²) < 4.78 is 30.4. The Kier molecular flexibility index (Phi) is 7.81. The normalized spacial score (nSPS) is 12.9. The molecule has 2 rings (SSSR count). The fourth-order valence-corrected chi connectivity index (χ4v) is 2.22. The first-order chi connectivity index (χ1) is 12.6. The Hall–Kier alpha value is -2.68. The second kappa shape index (κ2) is 10.3. The van der Waals surface area contributed by atoms with Crippen molar-refractivity contribution < 1.29 is 18.6 Å². The van der Waals surface area contributed by atoms with Crippen LogP contribution in [0, 0.1) is 0 Å². The van der Waals surface area contributed by atoms with Gasteiger partial charge in [0.1, 0.15) is 5.75 Å². The summed E-state index contributed by atoms with van der Waals surface area (Å²) in [7, 11) is 0. The van der Waals surface area contributed by atoms with E-state index < -0.39 is 12.7 Å². The van der Waals surface area contributed by atoms with Crippen molar-refractivity contribution in [2.45, 2.75) is 26.2 Å². The summed E-state index contributed by atoms with van der Waals surface area (Å²) in [6.45, 7) is 1.21. The van der Waals surface area contributed by atoms with Gasteiger partial charge in [0.25, 0.3) is 0 Å². The summed E-state index contributed by atoms with van der Waals surface area (Å²) in [6.07, 6.45) is 2.74. The fraction of sp³-hybridized carbons (Fsp3) is 0.412. The minimum Gasteiger partial charge on any atom is -0.435 e. The zero-order valence-electron chi connectivity index (χ0n) is 14.5. The van der Waals surface area contributed by atoms with Gasteiger partial charge in [-0.2, -0.15) is 13.9 Å². The predicted octanol–water partition coefficient (Wildman–Crippen LogP) is 1.77. The van der Waals surface area contributed by atoms with Crippen molar-refractivity contribution in [1.29, 1.82) is 0 Å². The third-order valence-electron chi connectivity index (χ3n) is 3.45. The van der Waals surface area contributed by atoms with E-state index in [1.54, 1.807) is 10.9 Å². The number of aliphatic imine (C=N–C) groups is 1. The Morgan fingerprint density at radius 2 is 2.08 bits per heavy atom. The summed E-state index contributed by atoms with van der Waals surface area (Å²) in [6, 6.07) is 7.71. The number of hydrogen-bond donors (Lipinski definition) is 3. The Bertz CT molecular complexity index is 662. The van der Waals surface area contributed by atoms with Gasteiger partial charge in [0.05, 0.1) is 19.2 Å². The van der Waals surface area contributed by atoms with Crippen molar-refractivity contribution in [3.63, 3.8) is 0 Å². The van der Waals surface area contributed by atoms with E-state index in [9.17, 15) is 13.9 Å². The van der Waals surface area contributed by atoms with E-state index in [-0.39, 0.29) is 12.3 Å². The molecule has 1 unspecified atom stereocenters. The Balaban J connectivity index is 1.86. The van der Waals surface area contributed by atoms with Gasteiger partial charge in [-0.05, 0) is 30.7 Å². The lowest BCUT2D eigenvalue weighted by Gasteiger charge is -2.14. The second-order valence-electron chi connectivity index (χ2n) is 5.38. The second-order valence-corrected chi connectivity index (χ2v) is 5.38. The molecule has 0 aliphatic carbocycles. The van der Waals surface area contributed by atoms with Crippen LogP contribution in [-0.2, 0) is 6.54 Å². The minimum absolute atomic E-state index is 0.0491. The van der Waals surface area contributed by atoms with Crippen LogP contribution < -0.4 is 15.4 Å². The number of guanidine groups is 1. The van der Waals surface area contributed by atoms with Gasteiger partial charge in [-0.15, -0.1) is 0 Å². The maximum absolute atomic E-state index is 12.1. The highest BCUT2D eigenvalue weighted by Crippen LogP contribution is 2.19. The number of ether oxygens (including phenoxy) is 1. The molecule has 26 heavy (non-hydrogen) atoms. The van der Waals surface area contributed by atoms with E-state index in [2.05, 4.69) is 25.5 Å². The van der Waals surface area contributed by atoms with Crippen LogP contribution in [0.2, 0.25) is 0 Å². The number of benzene rings is 1. The summed E-state index contributed by atoms with van der Waals surface area (Å²) in [5, 5.41) is 20.6. The first-order valence-corrected chi connectivity index (χ1v) is 8.31. The molecule has 1 atom stereocenters. The van der Waals surface area contributed by atoms with Crippen molar-refractivity contribution in [3.05, 3.63) is 48.3 Å². The first-order valence-electron chi connectivity index (χ1n) is 8.31. The monoisotopic (exact) mass is 367 g/mol. The van der Waals surface area contributed by atoms with Gasteiger partial charge < -0.3 is 20.5 Å². The highest BCUT2D eigenvalue weighted by molar-refractivity contribution is 5.79. The molecule has 0 amide bonds. The van der Waals surface area contributed by atoms with Crippen LogP contribution in [0.5, 0.6) is 5.75 Å². The molecule has 0 bridgehead atoms. The van der Waals surface area contributed by atoms with E-state index in [4.69, 9.17) is 0 Å². The Morgan fingerprint density at radius 3 is 2.69 bits per heavy atom. The number of aliphatic hydroxyl groups is 1. The zero-order valence-corrected chi connectivity index (χ0v) is 14.5. The molecule has 1 aromatic heterocycles. The van der Waals surface area contributed by atoms with Crippen LogP contribution in [0.3, 0.4) is 0 Å². The lowest BCUT2D eigenvalue weighted by Crippen LogP contribution is -2.39. The SMILES string of the molecule is CCNC(=NCC(O)c1ccc(OC(F)F)cc1)NCCn1cccn1. The molecule has 0 saturated heterocycles. The van der Waals surface area contributed by atoms with Crippen molar-refractivity contribution in [3.8, 4) is 5.75 Å². The molecule has 0 aliphatic rings. The summed E-state index contributed by atoms with van der Waals surface area (Å²) >= 11 is 0. The standard InChI is InChI=1S/C17H23F2N5O2/c1-2-20-17(21-9-11-24-10-3-8-23-24)22-12-15(25)13-4-6-14(7-5-13)26-16(18)19/h3-8,10,15-16,25H,2,9,11-12H2,1H3,(H2,20,21,22). The van der Waals surface area contributed by atoms with Crippen LogP contribution in [-0.4, -0.2) is 47.1 Å². The largest absolute Gasteiger partial charge is 0.435 e. The van der Waals surface area contributed by atoms with E-state index >= 15 is 0 Å². The number of hydrogen-bond acceptors (Lipinski definition) is 4. The van der Waals surface area contributed by atoms with Crippen molar-refractivity contribution in [2.75, 3.05) is 19.6 Å².